The second kappa shape index (κ2) is 7.41. The fourth-order valence-corrected chi connectivity index (χ4v) is 2.25. The minimum absolute atomic E-state index is 0.326. The number of hydrogen-bond donors (Lipinski definition) is 1. The lowest BCUT2D eigenvalue weighted by Crippen LogP contribution is -2.34. The fourth-order valence-electron chi connectivity index (χ4n) is 2.25. The SMILES string of the molecule is CNC(=O)[C@@H](C)OC(=O)C(c1ccccc1)c1ccccc1. The minimum atomic E-state index is -0.826. The van der Waals surface area contributed by atoms with E-state index >= 15 is 0 Å². The van der Waals surface area contributed by atoms with Gasteiger partial charge in [0, 0.05) is 7.05 Å². The molecule has 0 radical (unpaired) electrons. The first-order valence-corrected chi connectivity index (χ1v) is 7.15. The monoisotopic (exact) mass is 297 g/mol. The molecule has 0 saturated heterocycles. The van der Waals surface area contributed by atoms with Crippen LogP contribution in [0.4, 0.5) is 0 Å². The van der Waals surface area contributed by atoms with E-state index in [0.717, 1.165) is 11.1 Å². The van der Waals surface area contributed by atoms with Gasteiger partial charge in [-0.25, -0.2) is 0 Å². The van der Waals surface area contributed by atoms with Gasteiger partial charge >= 0.3 is 5.97 Å². The number of rotatable bonds is 5. The summed E-state index contributed by atoms with van der Waals surface area (Å²) < 4.78 is 5.32. The van der Waals surface area contributed by atoms with Crippen molar-refractivity contribution in [1.29, 1.82) is 0 Å². The highest BCUT2D eigenvalue weighted by atomic mass is 16.5. The third-order valence-electron chi connectivity index (χ3n) is 3.41. The molecule has 4 heteroatoms. The van der Waals surface area contributed by atoms with Crippen molar-refractivity contribution in [2.24, 2.45) is 0 Å². The van der Waals surface area contributed by atoms with Gasteiger partial charge in [0.1, 0.15) is 5.92 Å². The van der Waals surface area contributed by atoms with E-state index in [1.54, 1.807) is 6.92 Å². The molecule has 0 aliphatic carbocycles. The zero-order valence-corrected chi connectivity index (χ0v) is 12.7. The summed E-state index contributed by atoms with van der Waals surface area (Å²) in [6.07, 6.45) is -0.826. The highest BCUT2D eigenvalue weighted by molar-refractivity contribution is 5.87. The Hall–Kier alpha value is -2.62. The van der Waals surface area contributed by atoms with E-state index < -0.39 is 18.0 Å². The van der Waals surface area contributed by atoms with Crippen LogP contribution in [0.25, 0.3) is 0 Å². The van der Waals surface area contributed by atoms with Gasteiger partial charge in [-0.15, -0.1) is 0 Å². The molecule has 0 aliphatic heterocycles. The Morgan fingerprint density at radius 1 is 0.909 bits per heavy atom. The summed E-state index contributed by atoms with van der Waals surface area (Å²) in [5, 5.41) is 2.47. The van der Waals surface area contributed by atoms with E-state index in [2.05, 4.69) is 5.32 Å². The first-order valence-electron chi connectivity index (χ1n) is 7.15. The second-order valence-corrected chi connectivity index (χ2v) is 4.95. The van der Waals surface area contributed by atoms with Crippen LogP contribution in [0.15, 0.2) is 60.7 Å². The first kappa shape index (κ1) is 15.8. The van der Waals surface area contributed by atoms with Gasteiger partial charge < -0.3 is 10.1 Å². The Morgan fingerprint density at radius 3 is 1.77 bits per heavy atom. The van der Waals surface area contributed by atoms with Gasteiger partial charge in [0.2, 0.25) is 0 Å². The molecule has 1 N–H and O–H groups in total. The maximum Gasteiger partial charge on any atom is 0.318 e. The van der Waals surface area contributed by atoms with Crippen molar-refractivity contribution < 1.29 is 14.3 Å². The average Bonchev–Trinajstić information content (AvgIpc) is 2.56. The Balaban J connectivity index is 2.29. The summed E-state index contributed by atoms with van der Waals surface area (Å²) in [6, 6.07) is 18.8. The molecule has 2 aromatic rings. The molecule has 0 fully saturated rings. The van der Waals surface area contributed by atoms with Crippen LogP contribution in [0.2, 0.25) is 0 Å². The van der Waals surface area contributed by atoms with Crippen LogP contribution in [-0.2, 0) is 14.3 Å². The maximum absolute atomic E-state index is 12.6. The van der Waals surface area contributed by atoms with Crippen molar-refractivity contribution in [1.82, 2.24) is 5.32 Å². The molecule has 1 amide bonds. The van der Waals surface area contributed by atoms with Crippen LogP contribution >= 0.6 is 0 Å². The zero-order valence-electron chi connectivity index (χ0n) is 12.7. The van der Waals surface area contributed by atoms with Crippen molar-refractivity contribution in [2.45, 2.75) is 18.9 Å². The maximum atomic E-state index is 12.6. The molecule has 2 aromatic carbocycles. The van der Waals surface area contributed by atoms with Crippen molar-refractivity contribution in [3.8, 4) is 0 Å². The third kappa shape index (κ3) is 3.73. The molecular weight excluding hydrogens is 278 g/mol. The molecule has 0 spiro atoms. The molecule has 0 heterocycles. The Bertz CT molecular complexity index is 586. The summed E-state index contributed by atoms with van der Waals surface area (Å²) in [5.41, 5.74) is 1.67. The topological polar surface area (TPSA) is 55.4 Å². The Morgan fingerprint density at radius 2 is 1.36 bits per heavy atom. The van der Waals surface area contributed by atoms with Crippen LogP contribution in [0.5, 0.6) is 0 Å². The lowest BCUT2D eigenvalue weighted by atomic mass is 9.91. The summed E-state index contributed by atoms with van der Waals surface area (Å²) in [7, 11) is 1.51. The number of carbonyl (C=O) groups is 2. The smallest absolute Gasteiger partial charge is 0.318 e. The van der Waals surface area contributed by atoms with E-state index in [-0.39, 0.29) is 5.91 Å². The molecule has 0 saturated carbocycles. The second-order valence-electron chi connectivity index (χ2n) is 4.95. The van der Waals surface area contributed by atoms with Crippen LogP contribution in [0.3, 0.4) is 0 Å². The summed E-state index contributed by atoms with van der Waals surface area (Å²) in [5.74, 6) is -1.31. The normalized spacial score (nSPS) is 11.8. The van der Waals surface area contributed by atoms with E-state index in [1.165, 1.54) is 7.05 Å². The quantitative estimate of drug-likeness (QED) is 0.863. The number of esters is 1. The standard InChI is InChI=1S/C18H19NO3/c1-13(17(20)19-2)22-18(21)16(14-9-5-3-6-10-14)15-11-7-4-8-12-15/h3-13,16H,1-2H3,(H,19,20)/t13-/m1/s1. The number of nitrogens with one attached hydrogen (secondary N) is 1. The molecule has 22 heavy (non-hydrogen) atoms. The van der Waals surface area contributed by atoms with Crippen molar-refractivity contribution in [3.63, 3.8) is 0 Å². The van der Waals surface area contributed by atoms with Crippen molar-refractivity contribution in [3.05, 3.63) is 71.8 Å². The number of ether oxygens (including phenoxy) is 1. The number of benzene rings is 2. The molecule has 114 valence electrons. The predicted molar refractivity (Wildman–Crippen MR) is 84.3 cm³/mol. The van der Waals surface area contributed by atoms with Gasteiger partial charge in [0.05, 0.1) is 0 Å². The van der Waals surface area contributed by atoms with Gasteiger partial charge in [-0.05, 0) is 18.1 Å². The number of amides is 1. The fraction of sp³-hybridized carbons (Fsp3) is 0.222. The predicted octanol–water partition coefficient (Wildman–Crippen LogP) is 2.50. The molecule has 0 unspecified atom stereocenters. The van der Waals surface area contributed by atoms with E-state index in [9.17, 15) is 9.59 Å². The molecule has 1 atom stereocenters. The summed E-state index contributed by atoms with van der Waals surface area (Å²) in [4.78, 5) is 24.1. The van der Waals surface area contributed by atoms with Gasteiger partial charge in [-0.2, -0.15) is 0 Å². The van der Waals surface area contributed by atoms with E-state index in [4.69, 9.17) is 4.74 Å². The molecule has 0 aromatic heterocycles. The number of likely N-dealkylation sites (N-methyl/N-ethyl adjacent to an activating group) is 1. The third-order valence-corrected chi connectivity index (χ3v) is 3.41. The van der Waals surface area contributed by atoms with Crippen molar-refractivity contribution in [2.75, 3.05) is 7.05 Å². The number of carbonyl (C=O) groups excluding carboxylic acids is 2. The van der Waals surface area contributed by atoms with Gasteiger partial charge in [0.25, 0.3) is 5.91 Å². The highest BCUT2D eigenvalue weighted by Gasteiger charge is 2.27. The molecule has 0 bridgehead atoms. The van der Waals surface area contributed by atoms with Crippen molar-refractivity contribution >= 4 is 11.9 Å². The number of hydrogen-bond acceptors (Lipinski definition) is 3. The lowest BCUT2D eigenvalue weighted by Gasteiger charge is -2.19. The lowest BCUT2D eigenvalue weighted by molar-refractivity contribution is -0.155. The highest BCUT2D eigenvalue weighted by Crippen LogP contribution is 2.26. The minimum Gasteiger partial charge on any atom is -0.452 e. The van der Waals surface area contributed by atoms with E-state index in [0.29, 0.717) is 0 Å². The van der Waals surface area contributed by atoms with E-state index in [1.807, 2.05) is 60.7 Å². The largest absolute Gasteiger partial charge is 0.452 e. The van der Waals surface area contributed by atoms with Crippen LogP contribution in [0.1, 0.15) is 24.0 Å². The molecule has 4 nitrogen and oxygen atoms in total. The first-order chi connectivity index (χ1) is 10.6. The Kier molecular flexibility index (Phi) is 5.31. The molecule has 0 aliphatic rings. The molecule has 2 rings (SSSR count). The van der Waals surface area contributed by atoms with Gasteiger partial charge in [0.15, 0.2) is 6.10 Å². The van der Waals surface area contributed by atoms with Crippen LogP contribution in [0, 0.1) is 0 Å². The van der Waals surface area contributed by atoms with Gasteiger partial charge in [-0.1, -0.05) is 60.7 Å². The Labute approximate surface area is 130 Å². The average molecular weight is 297 g/mol. The summed E-state index contributed by atoms with van der Waals surface area (Å²) >= 11 is 0. The van der Waals surface area contributed by atoms with Gasteiger partial charge in [-0.3, -0.25) is 9.59 Å². The van der Waals surface area contributed by atoms with Crippen LogP contribution in [-0.4, -0.2) is 25.0 Å². The molecular formula is C18H19NO3. The zero-order chi connectivity index (χ0) is 15.9. The van der Waals surface area contributed by atoms with Crippen LogP contribution < -0.4 is 5.32 Å². The summed E-state index contributed by atoms with van der Waals surface area (Å²) in [6.45, 7) is 1.56.